The summed E-state index contributed by atoms with van der Waals surface area (Å²) >= 11 is 5.24. The monoisotopic (exact) mass is 341 g/mol. The zero-order chi connectivity index (χ0) is 13.8. The highest BCUT2D eigenvalue weighted by molar-refractivity contribution is 9.11. The van der Waals surface area contributed by atoms with Crippen LogP contribution in [0, 0.1) is 12.7 Å². The van der Waals surface area contributed by atoms with E-state index in [1.165, 1.54) is 16.5 Å². The highest BCUT2D eigenvalue weighted by Gasteiger charge is 2.18. The SMILES string of the molecule is CCCNC(c1cccc(F)c1)c1cc(Br)sc1C. The second kappa shape index (κ2) is 6.64. The Hall–Kier alpha value is -0.710. The average Bonchev–Trinajstić information content (AvgIpc) is 2.69. The van der Waals surface area contributed by atoms with Crippen molar-refractivity contribution in [3.63, 3.8) is 0 Å². The summed E-state index contributed by atoms with van der Waals surface area (Å²) in [6.45, 7) is 5.14. The fourth-order valence-corrected chi connectivity index (χ4v) is 3.88. The van der Waals surface area contributed by atoms with Crippen molar-refractivity contribution in [2.75, 3.05) is 6.54 Å². The molecule has 102 valence electrons. The number of nitrogens with one attached hydrogen (secondary N) is 1. The quantitative estimate of drug-likeness (QED) is 0.802. The van der Waals surface area contributed by atoms with Crippen LogP contribution in [0.15, 0.2) is 34.1 Å². The van der Waals surface area contributed by atoms with E-state index in [-0.39, 0.29) is 11.9 Å². The lowest BCUT2D eigenvalue weighted by molar-refractivity contribution is 0.585. The van der Waals surface area contributed by atoms with Crippen LogP contribution in [-0.4, -0.2) is 6.54 Å². The first kappa shape index (κ1) is 14.7. The van der Waals surface area contributed by atoms with Crippen molar-refractivity contribution in [3.05, 3.63) is 55.9 Å². The first-order valence-electron chi connectivity index (χ1n) is 6.36. The minimum Gasteiger partial charge on any atom is -0.306 e. The van der Waals surface area contributed by atoms with Crippen LogP contribution in [-0.2, 0) is 0 Å². The van der Waals surface area contributed by atoms with Crippen LogP contribution < -0.4 is 5.32 Å². The van der Waals surface area contributed by atoms with Gasteiger partial charge in [-0.3, -0.25) is 0 Å². The van der Waals surface area contributed by atoms with Gasteiger partial charge >= 0.3 is 0 Å². The van der Waals surface area contributed by atoms with E-state index in [9.17, 15) is 4.39 Å². The van der Waals surface area contributed by atoms with Crippen molar-refractivity contribution in [1.29, 1.82) is 0 Å². The van der Waals surface area contributed by atoms with Gasteiger partial charge in [0.2, 0.25) is 0 Å². The number of hydrogen-bond acceptors (Lipinski definition) is 2. The molecule has 1 aromatic carbocycles. The molecule has 2 rings (SSSR count). The Kier molecular flexibility index (Phi) is 5.13. The molecule has 4 heteroatoms. The van der Waals surface area contributed by atoms with E-state index < -0.39 is 0 Å². The van der Waals surface area contributed by atoms with Crippen LogP contribution in [0.1, 0.15) is 35.4 Å². The highest BCUT2D eigenvalue weighted by atomic mass is 79.9. The molecule has 0 spiro atoms. The molecule has 0 saturated carbocycles. The summed E-state index contributed by atoms with van der Waals surface area (Å²) in [5, 5.41) is 3.50. The van der Waals surface area contributed by atoms with Gasteiger partial charge < -0.3 is 5.32 Å². The summed E-state index contributed by atoms with van der Waals surface area (Å²) in [5.74, 6) is -0.187. The Labute approximate surface area is 126 Å². The van der Waals surface area contributed by atoms with Gasteiger partial charge in [0.25, 0.3) is 0 Å². The Morgan fingerprint density at radius 3 is 2.74 bits per heavy atom. The minimum absolute atomic E-state index is 0.0539. The van der Waals surface area contributed by atoms with Crippen LogP contribution >= 0.6 is 27.3 Å². The van der Waals surface area contributed by atoms with Gasteiger partial charge in [-0.2, -0.15) is 0 Å². The Bertz CT molecular complexity index is 553. The maximum atomic E-state index is 13.4. The summed E-state index contributed by atoms with van der Waals surface area (Å²) in [7, 11) is 0. The molecule has 1 N–H and O–H groups in total. The number of benzene rings is 1. The smallest absolute Gasteiger partial charge is 0.123 e. The largest absolute Gasteiger partial charge is 0.306 e. The Balaban J connectivity index is 2.38. The van der Waals surface area contributed by atoms with Crippen LogP contribution in [0.5, 0.6) is 0 Å². The van der Waals surface area contributed by atoms with Gasteiger partial charge in [-0.05, 0) is 65.1 Å². The van der Waals surface area contributed by atoms with E-state index in [4.69, 9.17) is 0 Å². The molecule has 0 radical (unpaired) electrons. The van der Waals surface area contributed by atoms with Crippen LogP contribution in [0.4, 0.5) is 4.39 Å². The molecule has 19 heavy (non-hydrogen) atoms. The molecule has 1 aromatic heterocycles. The van der Waals surface area contributed by atoms with Crippen LogP contribution in [0.3, 0.4) is 0 Å². The van der Waals surface area contributed by atoms with E-state index >= 15 is 0 Å². The standard InChI is InChI=1S/C15H17BrFNS/c1-3-7-18-15(11-5-4-6-12(17)8-11)13-9-14(16)19-10(13)2/h4-6,8-9,15,18H,3,7H2,1-2H3. The summed E-state index contributed by atoms with van der Waals surface area (Å²) in [6, 6.07) is 9.01. The second-order valence-corrected chi connectivity index (χ2v) is 7.14. The summed E-state index contributed by atoms with van der Waals surface area (Å²) < 4.78 is 14.5. The summed E-state index contributed by atoms with van der Waals surface area (Å²) in [4.78, 5) is 1.25. The molecule has 1 nitrogen and oxygen atoms in total. The molecule has 1 atom stereocenters. The molecular weight excluding hydrogens is 325 g/mol. The van der Waals surface area contributed by atoms with E-state index in [2.05, 4.69) is 41.2 Å². The number of halogens is 2. The van der Waals surface area contributed by atoms with E-state index in [0.29, 0.717) is 0 Å². The predicted octanol–water partition coefficient (Wildman–Crippen LogP) is 5.05. The zero-order valence-electron chi connectivity index (χ0n) is 11.0. The zero-order valence-corrected chi connectivity index (χ0v) is 13.4. The molecule has 0 saturated heterocycles. The third kappa shape index (κ3) is 3.65. The number of aryl methyl sites for hydroxylation is 1. The third-order valence-electron chi connectivity index (χ3n) is 3.02. The first-order valence-corrected chi connectivity index (χ1v) is 7.97. The average molecular weight is 342 g/mol. The van der Waals surface area contributed by atoms with Gasteiger partial charge in [0.15, 0.2) is 0 Å². The van der Waals surface area contributed by atoms with Crippen molar-refractivity contribution >= 4 is 27.3 Å². The molecule has 0 bridgehead atoms. The van der Waals surface area contributed by atoms with Crippen molar-refractivity contribution in [2.24, 2.45) is 0 Å². The third-order valence-corrected chi connectivity index (χ3v) is 4.59. The van der Waals surface area contributed by atoms with Crippen LogP contribution in [0.25, 0.3) is 0 Å². The molecule has 0 aliphatic heterocycles. The lowest BCUT2D eigenvalue weighted by Gasteiger charge is -2.19. The minimum atomic E-state index is -0.187. The lowest BCUT2D eigenvalue weighted by Crippen LogP contribution is -2.23. The number of rotatable bonds is 5. The van der Waals surface area contributed by atoms with Gasteiger partial charge in [0.1, 0.15) is 5.82 Å². The maximum absolute atomic E-state index is 13.4. The predicted molar refractivity (Wildman–Crippen MR) is 83.3 cm³/mol. The van der Waals surface area contributed by atoms with E-state index in [0.717, 1.165) is 22.3 Å². The lowest BCUT2D eigenvalue weighted by atomic mass is 9.99. The topological polar surface area (TPSA) is 12.0 Å². The Morgan fingerprint density at radius 1 is 1.37 bits per heavy atom. The van der Waals surface area contributed by atoms with Gasteiger partial charge in [0, 0.05) is 4.88 Å². The summed E-state index contributed by atoms with van der Waals surface area (Å²) in [5.41, 5.74) is 2.19. The van der Waals surface area contributed by atoms with Crippen molar-refractivity contribution in [3.8, 4) is 0 Å². The molecule has 0 aliphatic carbocycles. The molecule has 1 unspecified atom stereocenters. The van der Waals surface area contributed by atoms with Crippen molar-refractivity contribution in [2.45, 2.75) is 26.3 Å². The van der Waals surface area contributed by atoms with E-state index in [1.807, 2.05) is 6.07 Å². The highest BCUT2D eigenvalue weighted by Crippen LogP contribution is 2.33. The fourth-order valence-electron chi connectivity index (χ4n) is 2.13. The molecule has 1 heterocycles. The maximum Gasteiger partial charge on any atom is 0.123 e. The molecule has 2 aromatic rings. The van der Waals surface area contributed by atoms with Crippen molar-refractivity contribution < 1.29 is 4.39 Å². The number of hydrogen-bond donors (Lipinski definition) is 1. The molecular formula is C15H17BrFNS. The molecule has 0 fully saturated rings. The molecule has 0 aliphatic rings. The normalized spacial score (nSPS) is 12.6. The molecule has 0 amide bonds. The second-order valence-electron chi connectivity index (χ2n) is 4.50. The van der Waals surface area contributed by atoms with E-state index in [1.54, 1.807) is 23.5 Å². The van der Waals surface area contributed by atoms with Gasteiger partial charge in [-0.15, -0.1) is 11.3 Å². The summed E-state index contributed by atoms with van der Waals surface area (Å²) in [6.07, 6.45) is 1.05. The number of thiophene rings is 1. The van der Waals surface area contributed by atoms with Gasteiger partial charge in [0.05, 0.1) is 9.83 Å². The first-order chi connectivity index (χ1) is 9.11. The Morgan fingerprint density at radius 2 is 2.16 bits per heavy atom. The van der Waals surface area contributed by atoms with Gasteiger partial charge in [-0.25, -0.2) is 4.39 Å². The van der Waals surface area contributed by atoms with Gasteiger partial charge in [-0.1, -0.05) is 19.1 Å². The van der Waals surface area contributed by atoms with Crippen molar-refractivity contribution in [1.82, 2.24) is 5.32 Å². The fraction of sp³-hybridized carbons (Fsp3) is 0.333. The van der Waals surface area contributed by atoms with Crippen LogP contribution in [0.2, 0.25) is 0 Å².